The summed E-state index contributed by atoms with van der Waals surface area (Å²) >= 11 is 0. The number of ether oxygens (including phenoxy) is 1. The van der Waals surface area contributed by atoms with Crippen molar-refractivity contribution in [2.45, 2.75) is 6.54 Å². The predicted molar refractivity (Wildman–Crippen MR) is 92.8 cm³/mol. The standard InChI is InChI=1S/C18H21N3O3/c1-24-16-9-7-15(8-10-16)21-18(23)13-20-17(22)12-19-11-14-5-3-2-4-6-14/h2-10,19H,11-13H2,1H3,(H,20,22)(H,21,23). The van der Waals surface area contributed by atoms with E-state index in [1.807, 2.05) is 30.3 Å². The molecule has 2 rings (SSSR count). The van der Waals surface area contributed by atoms with Crippen LogP contribution in [-0.4, -0.2) is 32.0 Å². The molecule has 0 aliphatic carbocycles. The Balaban J connectivity index is 1.64. The van der Waals surface area contributed by atoms with E-state index in [2.05, 4.69) is 16.0 Å². The summed E-state index contributed by atoms with van der Waals surface area (Å²) in [6.07, 6.45) is 0. The van der Waals surface area contributed by atoms with E-state index in [4.69, 9.17) is 4.74 Å². The van der Waals surface area contributed by atoms with Gasteiger partial charge in [0, 0.05) is 12.2 Å². The molecule has 2 amide bonds. The molecule has 0 unspecified atom stereocenters. The molecule has 0 aliphatic rings. The van der Waals surface area contributed by atoms with Gasteiger partial charge in [-0.15, -0.1) is 0 Å². The Bertz CT molecular complexity index is 657. The molecule has 0 aromatic heterocycles. The summed E-state index contributed by atoms with van der Waals surface area (Å²) in [7, 11) is 1.58. The second kappa shape index (κ2) is 9.32. The molecule has 0 heterocycles. The van der Waals surface area contributed by atoms with E-state index in [1.54, 1.807) is 31.4 Å². The molecule has 6 nitrogen and oxygen atoms in total. The molecule has 0 saturated heterocycles. The molecule has 6 heteroatoms. The minimum atomic E-state index is -0.281. The Kier molecular flexibility index (Phi) is 6.79. The van der Waals surface area contributed by atoms with Gasteiger partial charge in [0.2, 0.25) is 11.8 Å². The third kappa shape index (κ3) is 6.10. The van der Waals surface area contributed by atoms with Gasteiger partial charge in [0.05, 0.1) is 20.2 Å². The predicted octanol–water partition coefficient (Wildman–Crippen LogP) is 1.54. The highest BCUT2D eigenvalue weighted by Crippen LogP contribution is 2.14. The number of rotatable bonds is 8. The first-order chi connectivity index (χ1) is 11.7. The Morgan fingerprint density at radius 3 is 2.29 bits per heavy atom. The third-order valence-corrected chi connectivity index (χ3v) is 3.28. The van der Waals surface area contributed by atoms with Gasteiger partial charge in [-0.25, -0.2) is 0 Å². The van der Waals surface area contributed by atoms with Crippen LogP contribution in [0.4, 0.5) is 5.69 Å². The number of hydrogen-bond acceptors (Lipinski definition) is 4. The fourth-order valence-electron chi connectivity index (χ4n) is 2.04. The lowest BCUT2D eigenvalue weighted by molar-refractivity contribution is -0.123. The highest BCUT2D eigenvalue weighted by molar-refractivity contribution is 5.94. The smallest absolute Gasteiger partial charge is 0.243 e. The summed E-state index contributed by atoms with van der Waals surface area (Å²) in [5.74, 6) is 0.207. The van der Waals surface area contributed by atoms with Crippen molar-refractivity contribution in [3.63, 3.8) is 0 Å². The molecule has 2 aromatic carbocycles. The topological polar surface area (TPSA) is 79.5 Å². The van der Waals surface area contributed by atoms with Crippen molar-refractivity contribution in [2.75, 3.05) is 25.5 Å². The van der Waals surface area contributed by atoms with Gasteiger partial charge in [-0.05, 0) is 29.8 Å². The molecule has 0 atom stereocenters. The monoisotopic (exact) mass is 327 g/mol. The van der Waals surface area contributed by atoms with Crippen LogP contribution in [0.15, 0.2) is 54.6 Å². The van der Waals surface area contributed by atoms with Crippen LogP contribution >= 0.6 is 0 Å². The van der Waals surface area contributed by atoms with Crippen molar-refractivity contribution in [1.29, 1.82) is 0 Å². The summed E-state index contributed by atoms with van der Waals surface area (Å²) in [5.41, 5.74) is 1.75. The zero-order chi connectivity index (χ0) is 17.2. The van der Waals surface area contributed by atoms with Crippen molar-refractivity contribution in [3.05, 3.63) is 60.2 Å². The van der Waals surface area contributed by atoms with Crippen molar-refractivity contribution in [1.82, 2.24) is 10.6 Å². The fourth-order valence-corrected chi connectivity index (χ4v) is 2.04. The number of methoxy groups -OCH3 is 1. The van der Waals surface area contributed by atoms with Crippen molar-refractivity contribution >= 4 is 17.5 Å². The van der Waals surface area contributed by atoms with Crippen LogP contribution in [0.5, 0.6) is 5.75 Å². The summed E-state index contributed by atoms with van der Waals surface area (Å²) in [4.78, 5) is 23.5. The number of benzene rings is 2. The number of carbonyl (C=O) groups excluding carboxylic acids is 2. The number of hydrogen-bond donors (Lipinski definition) is 3. The van der Waals surface area contributed by atoms with Gasteiger partial charge in [-0.2, -0.15) is 0 Å². The van der Waals surface area contributed by atoms with Gasteiger partial charge in [0.1, 0.15) is 5.75 Å². The molecule has 0 fully saturated rings. The maximum absolute atomic E-state index is 11.8. The Labute approximate surface area is 141 Å². The third-order valence-electron chi connectivity index (χ3n) is 3.28. The van der Waals surface area contributed by atoms with E-state index in [0.29, 0.717) is 18.0 Å². The van der Waals surface area contributed by atoms with Crippen molar-refractivity contribution < 1.29 is 14.3 Å². The largest absolute Gasteiger partial charge is 0.497 e. The van der Waals surface area contributed by atoms with Crippen LogP contribution < -0.4 is 20.7 Å². The molecule has 3 N–H and O–H groups in total. The minimum absolute atomic E-state index is 0.0715. The van der Waals surface area contributed by atoms with Gasteiger partial charge >= 0.3 is 0 Å². The fraction of sp³-hybridized carbons (Fsp3) is 0.222. The van der Waals surface area contributed by atoms with Gasteiger partial charge in [-0.3, -0.25) is 9.59 Å². The van der Waals surface area contributed by atoms with Crippen LogP contribution in [-0.2, 0) is 16.1 Å². The van der Waals surface area contributed by atoms with Crippen LogP contribution in [0.25, 0.3) is 0 Å². The van der Waals surface area contributed by atoms with Crippen LogP contribution in [0.3, 0.4) is 0 Å². The molecule has 24 heavy (non-hydrogen) atoms. The van der Waals surface area contributed by atoms with E-state index in [0.717, 1.165) is 5.56 Å². The lowest BCUT2D eigenvalue weighted by atomic mass is 10.2. The molecule has 0 aliphatic heterocycles. The molecule has 2 aromatic rings. The maximum Gasteiger partial charge on any atom is 0.243 e. The minimum Gasteiger partial charge on any atom is -0.497 e. The zero-order valence-corrected chi connectivity index (χ0v) is 13.5. The Hall–Kier alpha value is -2.86. The highest BCUT2D eigenvalue weighted by Gasteiger charge is 2.06. The zero-order valence-electron chi connectivity index (χ0n) is 13.5. The molecule has 0 spiro atoms. The van der Waals surface area contributed by atoms with Crippen LogP contribution in [0.2, 0.25) is 0 Å². The second-order valence-electron chi connectivity index (χ2n) is 5.14. The van der Waals surface area contributed by atoms with Crippen LogP contribution in [0.1, 0.15) is 5.56 Å². The van der Waals surface area contributed by atoms with E-state index < -0.39 is 0 Å². The number of anilines is 1. The van der Waals surface area contributed by atoms with Gasteiger partial charge < -0.3 is 20.7 Å². The van der Waals surface area contributed by atoms with E-state index in [-0.39, 0.29) is 24.9 Å². The first-order valence-electron chi connectivity index (χ1n) is 7.62. The van der Waals surface area contributed by atoms with Gasteiger partial charge in [-0.1, -0.05) is 30.3 Å². The van der Waals surface area contributed by atoms with Crippen molar-refractivity contribution in [2.24, 2.45) is 0 Å². The number of carbonyl (C=O) groups is 2. The molecule has 0 saturated carbocycles. The summed E-state index contributed by atoms with van der Waals surface area (Å²) in [5, 5.41) is 8.30. The summed E-state index contributed by atoms with van der Waals surface area (Å²) < 4.78 is 5.05. The quantitative estimate of drug-likeness (QED) is 0.687. The SMILES string of the molecule is COc1ccc(NC(=O)CNC(=O)CNCc2ccccc2)cc1. The van der Waals surface area contributed by atoms with Gasteiger partial charge in [0.15, 0.2) is 0 Å². The van der Waals surface area contributed by atoms with Crippen molar-refractivity contribution in [3.8, 4) is 5.75 Å². The molecule has 0 radical (unpaired) electrons. The second-order valence-corrected chi connectivity index (χ2v) is 5.14. The first kappa shape index (κ1) is 17.5. The van der Waals surface area contributed by atoms with E-state index in [9.17, 15) is 9.59 Å². The maximum atomic E-state index is 11.8. The highest BCUT2D eigenvalue weighted by atomic mass is 16.5. The first-order valence-corrected chi connectivity index (χ1v) is 7.62. The number of nitrogens with one attached hydrogen (secondary N) is 3. The number of amides is 2. The average Bonchev–Trinajstić information content (AvgIpc) is 2.61. The molecular weight excluding hydrogens is 306 g/mol. The molecular formula is C18H21N3O3. The average molecular weight is 327 g/mol. The van der Waals surface area contributed by atoms with Gasteiger partial charge in [0.25, 0.3) is 0 Å². The lowest BCUT2D eigenvalue weighted by Gasteiger charge is -2.08. The van der Waals surface area contributed by atoms with E-state index >= 15 is 0 Å². The lowest BCUT2D eigenvalue weighted by Crippen LogP contribution is -2.38. The molecule has 126 valence electrons. The summed E-state index contributed by atoms with van der Waals surface area (Å²) in [6, 6.07) is 16.8. The summed E-state index contributed by atoms with van der Waals surface area (Å²) in [6.45, 7) is 0.689. The molecule has 0 bridgehead atoms. The Morgan fingerprint density at radius 1 is 0.917 bits per heavy atom. The van der Waals surface area contributed by atoms with Crippen LogP contribution in [0, 0.1) is 0 Å². The van der Waals surface area contributed by atoms with E-state index in [1.165, 1.54) is 0 Å². The Morgan fingerprint density at radius 2 is 1.62 bits per heavy atom. The normalized spacial score (nSPS) is 10.0.